The normalized spacial score (nSPS) is 19.8. The topological polar surface area (TPSA) is 85.8 Å². The van der Waals surface area contributed by atoms with Gasteiger partial charge in [0.15, 0.2) is 0 Å². The van der Waals surface area contributed by atoms with Gasteiger partial charge in [0.25, 0.3) is 11.6 Å². The summed E-state index contributed by atoms with van der Waals surface area (Å²) < 4.78 is 7.44. The average Bonchev–Trinajstić information content (AvgIpc) is 3.25. The van der Waals surface area contributed by atoms with E-state index in [0.717, 1.165) is 49.1 Å². The van der Waals surface area contributed by atoms with E-state index in [1.165, 1.54) is 0 Å². The second kappa shape index (κ2) is 5.40. The summed E-state index contributed by atoms with van der Waals surface area (Å²) in [5, 5.41) is 7.90. The Kier molecular flexibility index (Phi) is 3.16. The molecule has 1 amide bonds. The highest BCUT2D eigenvalue weighted by Crippen LogP contribution is 2.40. The zero-order valence-electron chi connectivity index (χ0n) is 14.0. The molecule has 1 unspecified atom stereocenters. The molecule has 0 saturated heterocycles. The van der Waals surface area contributed by atoms with Gasteiger partial charge in [0.2, 0.25) is 0 Å². The van der Waals surface area contributed by atoms with E-state index in [0.29, 0.717) is 22.9 Å². The number of aryl methyl sites for hydroxylation is 2. The second-order valence-corrected chi connectivity index (χ2v) is 7.02. The summed E-state index contributed by atoms with van der Waals surface area (Å²) in [6, 6.07) is 2.02. The molecule has 0 spiro atoms. The minimum absolute atomic E-state index is 0.0748. The van der Waals surface area contributed by atoms with Gasteiger partial charge in [-0.2, -0.15) is 0 Å². The van der Waals surface area contributed by atoms with Crippen molar-refractivity contribution in [3.8, 4) is 0 Å². The molecule has 1 aliphatic heterocycles. The van der Waals surface area contributed by atoms with Gasteiger partial charge >= 0.3 is 0 Å². The molecule has 5 rings (SSSR count). The molecule has 1 saturated carbocycles. The van der Waals surface area contributed by atoms with Crippen LogP contribution in [0.2, 0.25) is 0 Å². The van der Waals surface area contributed by atoms with E-state index >= 15 is 0 Å². The zero-order chi connectivity index (χ0) is 17.0. The number of amides is 1. The van der Waals surface area contributed by atoms with Crippen molar-refractivity contribution < 1.29 is 9.32 Å². The molecule has 4 heterocycles. The Morgan fingerprint density at radius 3 is 3.08 bits per heavy atom. The fraction of sp³-hybridized carbons (Fsp3) is 0.444. The smallest absolute Gasteiger partial charge is 0.259 e. The van der Waals surface area contributed by atoms with Gasteiger partial charge < -0.3 is 14.4 Å². The van der Waals surface area contributed by atoms with Crippen LogP contribution in [0.3, 0.4) is 0 Å². The molecule has 3 aromatic heterocycles. The number of fused-ring (bicyclic) bond motifs is 2. The average molecular weight is 337 g/mol. The maximum Gasteiger partial charge on any atom is 0.259 e. The largest absolute Gasteiger partial charge is 0.347 e. The van der Waals surface area contributed by atoms with E-state index < -0.39 is 0 Å². The zero-order valence-corrected chi connectivity index (χ0v) is 14.0. The van der Waals surface area contributed by atoms with Crippen LogP contribution in [0, 0.1) is 6.92 Å². The van der Waals surface area contributed by atoms with E-state index in [1.54, 1.807) is 0 Å². The lowest BCUT2D eigenvalue weighted by molar-refractivity contribution is 0.0929. The predicted molar refractivity (Wildman–Crippen MR) is 90.3 cm³/mol. The summed E-state index contributed by atoms with van der Waals surface area (Å²) in [5.41, 5.74) is 2.74. The standard InChI is InChI=1S/C18H19N5O2/c1-10-16-13(8-14(11-2-3-11)21-18(16)25-22-10)17(24)20-12-4-5-15-19-6-7-23(15)9-12/h6-8,11-12H,2-5,9H2,1H3,(H,20,24). The minimum atomic E-state index is -0.0748. The SMILES string of the molecule is Cc1noc2nc(C3CC3)cc(C(=O)NC3CCc4nccn4C3)c12. The maximum atomic E-state index is 13.0. The summed E-state index contributed by atoms with van der Waals surface area (Å²) in [6.07, 6.45) is 7.80. The Labute approximate surface area is 144 Å². The van der Waals surface area contributed by atoms with Crippen molar-refractivity contribution in [2.24, 2.45) is 0 Å². The molecule has 1 N–H and O–H groups in total. The highest BCUT2D eigenvalue weighted by molar-refractivity contribution is 6.06. The first-order valence-electron chi connectivity index (χ1n) is 8.77. The number of carbonyl (C=O) groups excluding carboxylic acids is 1. The molecular weight excluding hydrogens is 318 g/mol. The van der Waals surface area contributed by atoms with Crippen molar-refractivity contribution in [3.63, 3.8) is 0 Å². The van der Waals surface area contributed by atoms with Crippen molar-refractivity contribution in [3.05, 3.63) is 41.2 Å². The molecule has 128 valence electrons. The van der Waals surface area contributed by atoms with Gasteiger partial charge in [-0.05, 0) is 32.3 Å². The third kappa shape index (κ3) is 2.50. The van der Waals surface area contributed by atoms with Crippen LogP contribution in [0.5, 0.6) is 0 Å². The summed E-state index contributed by atoms with van der Waals surface area (Å²) in [4.78, 5) is 21.9. The van der Waals surface area contributed by atoms with Crippen molar-refractivity contribution in [1.29, 1.82) is 0 Å². The molecule has 0 aromatic carbocycles. The van der Waals surface area contributed by atoms with Crippen LogP contribution < -0.4 is 5.32 Å². The number of pyridine rings is 1. The fourth-order valence-electron chi connectivity index (χ4n) is 3.63. The third-order valence-electron chi connectivity index (χ3n) is 5.15. The molecule has 1 fully saturated rings. The molecule has 2 aliphatic rings. The molecule has 3 aromatic rings. The van der Waals surface area contributed by atoms with Crippen LogP contribution in [0.4, 0.5) is 0 Å². The van der Waals surface area contributed by atoms with Crippen LogP contribution >= 0.6 is 0 Å². The lowest BCUT2D eigenvalue weighted by Gasteiger charge is -2.24. The fourth-order valence-corrected chi connectivity index (χ4v) is 3.63. The first-order valence-corrected chi connectivity index (χ1v) is 8.77. The van der Waals surface area contributed by atoms with Gasteiger partial charge in [-0.1, -0.05) is 5.16 Å². The van der Waals surface area contributed by atoms with E-state index in [-0.39, 0.29) is 11.9 Å². The number of carbonyl (C=O) groups is 1. The summed E-state index contributed by atoms with van der Waals surface area (Å²) in [5.74, 6) is 1.46. The van der Waals surface area contributed by atoms with Crippen molar-refractivity contribution in [2.75, 3.05) is 0 Å². The van der Waals surface area contributed by atoms with Gasteiger partial charge in [-0.3, -0.25) is 4.79 Å². The van der Waals surface area contributed by atoms with Gasteiger partial charge in [-0.25, -0.2) is 9.97 Å². The molecule has 25 heavy (non-hydrogen) atoms. The third-order valence-corrected chi connectivity index (χ3v) is 5.15. The first-order chi connectivity index (χ1) is 12.2. The number of hydrogen-bond donors (Lipinski definition) is 1. The first kappa shape index (κ1) is 14.6. The number of imidazole rings is 1. The Bertz CT molecular complexity index is 969. The Morgan fingerprint density at radius 2 is 2.24 bits per heavy atom. The van der Waals surface area contributed by atoms with Crippen molar-refractivity contribution >= 4 is 17.0 Å². The van der Waals surface area contributed by atoms with Gasteiger partial charge in [0.1, 0.15) is 5.82 Å². The van der Waals surface area contributed by atoms with Crippen LogP contribution in [0.25, 0.3) is 11.1 Å². The Balaban J connectivity index is 1.46. The number of nitrogens with one attached hydrogen (secondary N) is 1. The highest BCUT2D eigenvalue weighted by atomic mass is 16.5. The molecule has 1 atom stereocenters. The van der Waals surface area contributed by atoms with Crippen molar-refractivity contribution in [2.45, 2.75) is 51.1 Å². The second-order valence-electron chi connectivity index (χ2n) is 7.02. The molecule has 7 nitrogen and oxygen atoms in total. The van der Waals surface area contributed by atoms with Gasteiger partial charge in [0.05, 0.1) is 16.6 Å². The minimum Gasteiger partial charge on any atom is -0.347 e. The Hall–Kier alpha value is -2.70. The van der Waals surface area contributed by atoms with E-state index in [2.05, 4.69) is 25.0 Å². The number of rotatable bonds is 3. The van der Waals surface area contributed by atoms with Crippen LogP contribution in [0.15, 0.2) is 23.0 Å². The van der Waals surface area contributed by atoms with Crippen LogP contribution in [-0.2, 0) is 13.0 Å². The quantitative estimate of drug-likeness (QED) is 0.793. The maximum absolute atomic E-state index is 13.0. The lowest BCUT2D eigenvalue weighted by atomic mass is 10.0. The van der Waals surface area contributed by atoms with Crippen LogP contribution in [-0.4, -0.2) is 31.6 Å². The summed E-state index contributed by atoms with van der Waals surface area (Å²) in [7, 11) is 0. The van der Waals surface area contributed by atoms with E-state index in [4.69, 9.17) is 4.52 Å². The van der Waals surface area contributed by atoms with E-state index in [1.807, 2.05) is 25.4 Å². The van der Waals surface area contributed by atoms with Crippen molar-refractivity contribution in [1.82, 2.24) is 25.0 Å². The Morgan fingerprint density at radius 1 is 1.36 bits per heavy atom. The highest BCUT2D eigenvalue weighted by Gasteiger charge is 2.29. The predicted octanol–water partition coefficient (Wildman–Crippen LogP) is 2.35. The molecule has 1 aliphatic carbocycles. The number of nitrogens with zero attached hydrogens (tertiary/aromatic N) is 4. The van der Waals surface area contributed by atoms with Gasteiger partial charge in [-0.15, -0.1) is 0 Å². The molecule has 0 bridgehead atoms. The monoisotopic (exact) mass is 337 g/mol. The molecule has 7 heteroatoms. The van der Waals surface area contributed by atoms with Gasteiger partial charge in [0, 0.05) is 43.0 Å². The molecule has 0 radical (unpaired) electrons. The van der Waals surface area contributed by atoms with E-state index in [9.17, 15) is 4.79 Å². The summed E-state index contributed by atoms with van der Waals surface area (Å²) in [6.45, 7) is 2.60. The van der Waals surface area contributed by atoms with Crippen LogP contribution in [0.1, 0.15) is 52.8 Å². The lowest BCUT2D eigenvalue weighted by Crippen LogP contribution is -2.41. The molecular formula is C18H19N5O2. The number of aromatic nitrogens is 4. The summed E-state index contributed by atoms with van der Waals surface area (Å²) >= 11 is 0. The number of hydrogen-bond acceptors (Lipinski definition) is 5.